The first kappa shape index (κ1) is 30.7. The van der Waals surface area contributed by atoms with Crippen molar-refractivity contribution >= 4 is 11.1 Å². The lowest BCUT2D eigenvalue weighted by atomic mass is 9.81. The largest absolute Gasteiger partial charge is 0.239 e. The van der Waals surface area contributed by atoms with E-state index in [1.54, 1.807) is 19.9 Å². The highest BCUT2D eigenvalue weighted by molar-refractivity contribution is 5.72. The van der Waals surface area contributed by atoms with Gasteiger partial charge in [-0.15, -0.1) is 19.3 Å². The van der Waals surface area contributed by atoms with Crippen molar-refractivity contribution in [1.29, 1.82) is 0 Å². The maximum Gasteiger partial charge on any atom is 0.130 e. The van der Waals surface area contributed by atoms with Crippen molar-refractivity contribution < 1.29 is 4.39 Å². The minimum Gasteiger partial charge on any atom is -0.239 e. The van der Waals surface area contributed by atoms with Gasteiger partial charge in [0.05, 0.1) is 0 Å². The molecule has 0 unspecified atom stereocenters. The highest BCUT2D eigenvalue weighted by Gasteiger charge is 2.20. The third-order valence-electron chi connectivity index (χ3n) is 5.40. The molecule has 0 nitrogen and oxygen atoms in total. The van der Waals surface area contributed by atoms with Gasteiger partial charge < -0.3 is 0 Å². The molecule has 2 rings (SSSR count). The number of halogens is 1. The molecule has 2 aromatic rings. The van der Waals surface area contributed by atoms with Crippen LogP contribution in [0.5, 0.6) is 0 Å². The summed E-state index contributed by atoms with van der Waals surface area (Å²) < 4.78 is 13.6. The van der Waals surface area contributed by atoms with Crippen LogP contribution in [-0.2, 0) is 5.67 Å². The summed E-state index contributed by atoms with van der Waals surface area (Å²) in [6.45, 7) is 21.9. The van der Waals surface area contributed by atoms with E-state index in [4.69, 9.17) is 6.42 Å². The van der Waals surface area contributed by atoms with Gasteiger partial charge in [0.2, 0.25) is 0 Å². The molecule has 0 amide bonds. The molecule has 0 heterocycles. The van der Waals surface area contributed by atoms with E-state index in [1.165, 1.54) is 22.3 Å². The fraction of sp³-hybridized carbons (Fsp3) is 0.333. The van der Waals surface area contributed by atoms with Crippen molar-refractivity contribution in [3.8, 4) is 25.2 Å². The Morgan fingerprint density at radius 2 is 1.41 bits per heavy atom. The van der Waals surface area contributed by atoms with E-state index in [-0.39, 0.29) is 5.41 Å². The molecular formula is C33H41F. The van der Waals surface area contributed by atoms with Crippen LogP contribution in [-0.4, -0.2) is 0 Å². The minimum absolute atomic E-state index is 0.0600. The van der Waals surface area contributed by atoms with Gasteiger partial charge in [-0.1, -0.05) is 86.9 Å². The molecule has 0 saturated carbocycles. The lowest BCUT2D eigenvalue weighted by Crippen LogP contribution is -2.11. The molecule has 0 spiro atoms. The fourth-order valence-electron chi connectivity index (χ4n) is 3.61. The smallest absolute Gasteiger partial charge is 0.130 e. The Kier molecular flexibility index (Phi) is 12.1. The summed E-state index contributed by atoms with van der Waals surface area (Å²) in [4.78, 5) is 0. The zero-order valence-corrected chi connectivity index (χ0v) is 22.5. The van der Waals surface area contributed by atoms with Gasteiger partial charge in [-0.25, -0.2) is 4.39 Å². The van der Waals surface area contributed by atoms with Crippen molar-refractivity contribution in [3.63, 3.8) is 0 Å². The van der Waals surface area contributed by atoms with Crippen LogP contribution >= 0.6 is 0 Å². The molecule has 0 aliphatic carbocycles. The second kappa shape index (κ2) is 13.4. The van der Waals surface area contributed by atoms with Gasteiger partial charge in [0.25, 0.3) is 0 Å². The molecule has 180 valence electrons. The Morgan fingerprint density at radius 1 is 0.912 bits per heavy atom. The number of hydrogen-bond acceptors (Lipinski definition) is 0. The molecular weight excluding hydrogens is 415 g/mol. The highest BCUT2D eigenvalue weighted by Crippen LogP contribution is 2.33. The van der Waals surface area contributed by atoms with E-state index in [2.05, 4.69) is 77.3 Å². The van der Waals surface area contributed by atoms with Gasteiger partial charge in [0.1, 0.15) is 5.67 Å². The second-order valence-corrected chi connectivity index (χ2v) is 9.94. The van der Waals surface area contributed by atoms with Crippen LogP contribution in [0.25, 0.3) is 11.1 Å². The monoisotopic (exact) mass is 456 g/mol. The first-order valence-electron chi connectivity index (χ1n) is 11.4. The van der Waals surface area contributed by atoms with Crippen LogP contribution in [0, 0.1) is 44.5 Å². The van der Waals surface area contributed by atoms with Crippen LogP contribution in [0.3, 0.4) is 0 Å². The SMILES string of the molecule is C#C.C#C/C=C\C(=C(/C)c1ccc(C(=C)C)cc1)C(C)(C)C.Cc1ccc(C)c(C(C)(C)F)c1. The second-order valence-electron chi connectivity index (χ2n) is 9.94. The molecule has 0 radical (unpaired) electrons. The maximum absolute atomic E-state index is 13.6. The predicted molar refractivity (Wildman–Crippen MR) is 151 cm³/mol. The van der Waals surface area contributed by atoms with Crippen LogP contribution < -0.4 is 0 Å². The lowest BCUT2D eigenvalue weighted by Gasteiger charge is -2.23. The molecule has 0 N–H and O–H groups in total. The predicted octanol–water partition coefficient (Wildman–Crippen LogP) is 9.49. The number of rotatable bonds is 4. The van der Waals surface area contributed by atoms with Gasteiger partial charge >= 0.3 is 0 Å². The topological polar surface area (TPSA) is 0 Å². The number of benzene rings is 2. The quantitative estimate of drug-likeness (QED) is 0.317. The van der Waals surface area contributed by atoms with E-state index < -0.39 is 5.67 Å². The van der Waals surface area contributed by atoms with Crippen molar-refractivity contribution in [1.82, 2.24) is 0 Å². The zero-order chi connectivity index (χ0) is 26.7. The van der Waals surface area contributed by atoms with E-state index in [0.717, 1.165) is 22.3 Å². The van der Waals surface area contributed by atoms with E-state index in [0.29, 0.717) is 0 Å². The summed E-state index contributed by atoms with van der Waals surface area (Å²) in [5.74, 6) is 2.57. The van der Waals surface area contributed by atoms with Crippen LogP contribution in [0.2, 0.25) is 0 Å². The molecule has 0 bridgehead atoms. The van der Waals surface area contributed by atoms with Gasteiger partial charge in [-0.3, -0.25) is 0 Å². The van der Waals surface area contributed by atoms with E-state index in [1.807, 2.05) is 45.0 Å². The summed E-state index contributed by atoms with van der Waals surface area (Å²) in [6, 6.07) is 14.4. The Hall–Kier alpha value is -3.29. The molecule has 0 saturated heterocycles. The van der Waals surface area contributed by atoms with Crippen molar-refractivity contribution in [3.05, 3.63) is 94.6 Å². The Bertz CT molecular complexity index is 1070. The number of allylic oxidation sites excluding steroid dienone is 5. The molecule has 0 aromatic heterocycles. The molecule has 0 atom stereocenters. The minimum atomic E-state index is -1.23. The van der Waals surface area contributed by atoms with Crippen molar-refractivity contribution in [2.75, 3.05) is 0 Å². The summed E-state index contributed by atoms with van der Waals surface area (Å²) in [6.07, 6.45) is 17.2. The number of alkyl halides is 1. The summed E-state index contributed by atoms with van der Waals surface area (Å²) in [5.41, 5.74) is 7.77. The van der Waals surface area contributed by atoms with Crippen LogP contribution in [0.15, 0.2) is 66.8 Å². The third-order valence-corrected chi connectivity index (χ3v) is 5.40. The van der Waals surface area contributed by atoms with Crippen molar-refractivity contribution in [2.24, 2.45) is 5.41 Å². The zero-order valence-electron chi connectivity index (χ0n) is 22.5. The van der Waals surface area contributed by atoms with Gasteiger partial charge in [-0.2, -0.15) is 0 Å². The maximum atomic E-state index is 13.6. The van der Waals surface area contributed by atoms with Gasteiger partial charge in [0.15, 0.2) is 0 Å². The summed E-state index contributed by atoms with van der Waals surface area (Å²) in [5, 5.41) is 0. The number of aryl methyl sites for hydroxylation is 2. The van der Waals surface area contributed by atoms with E-state index >= 15 is 0 Å². The first-order chi connectivity index (χ1) is 15.7. The average Bonchev–Trinajstić information content (AvgIpc) is 2.76. The molecule has 34 heavy (non-hydrogen) atoms. The molecule has 0 fully saturated rings. The van der Waals surface area contributed by atoms with Gasteiger partial charge in [-0.05, 0) is 92.5 Å². The normalized spacial score (nSPS) is 11.9. The number of terminal acetylenes is 2. The summed E-state index contributed by atoms with van der Waals surface area (Å²) in [7, 11) is 0. The Labute approximate surface area is 208 Å². The van der Waals surface area contributed by atoms with E-state index in [9.17, 15) is 4.39 Å². The van der Waals surface area contributed by atoms with Gasteiger partial charge in [0, 0.05) is 0 Å². The first-order valence-corrected chi connectivity index (χ1v) is 11.4. The molecule has 0 aliphatic heterocycles. The molecule has 2 aromatic carbocycles. The third kappa shape index (κ3) is 9.68. The standard InChI is InChI=1S/C20H24.C11H15F.C2H2/c1-8-9-10-19(20(5,6)7)16(4)18-13-11-17(12-14-18)15(2)3;1-8-5-6-9(2)10(7-8)11(3,4)12;1-2/h1,9-14H,2H2,3-7H3;5-7H,1-4H3;1-2H/b10-9-,19-16-;;. The summed E-state index contributed by atoms with van der Waals surface area (Å²) >= 11 is 0. The van der Waals surface area contributed by atoms with Crippen LogP contribution in [0.4, 0.5) is 4.39 Å². The average molecular weight is 457 g/mol. The van der Waals surface area contributed by atoms with Crippen LogP contribution in [0.1, 0.15) is 76.3 Å². The number of hydrogen-bond donors (Lipinski definition) is 0. The van der Waals surface area contributed by atoms with Crippen molar-refractivity contribution in [2.45, 2.75) is 68.0 Å². The fourth-order valence-corrected chi connectivity index (χ4v) is 3.61. The highest BCUT2D eigenvalue weighted by atomic mass is 19.1. The molecule has 1 heteroatoms. The Morgan fingerprint density at radius 3 is 1.79 bits per heavy atom. The Balaban J connectivity index is 0.000000662. The lowest BCUT2D eigenvalue weighted by molar-refractivity contribution is 0.220. The molecule has 0 aliphatic rings.